The summed E-state index contributed by atoms with van der Waals surface area (Å²) in [5.74, 6) is 0.707. The van der Waals surface area contributed by atoms with Gasteiger partial charge in [-0.2, -0.15) is 0 Å². The predicted octanol–water partition coefficient (Wildman–Crippen LogP) is 5.26. The summed E-state index contributed by atoms with van der Waals surface area (Å²) in [7, 11) is 0. The first kappa shape index (κ1) is 12.0. The molecular weight excluding hydrogens is 216 g/mol. The van der Waals surface area contributed by atoms with Crippen molar-refractivity contribution in [3.05, 3.63) is 40.5 Å². The van der Waals surface area contributed by atoms with Gasteiger partial charge in [0.25, 0.3) is 0 Å². The van der Waals surface area contributed by atoms with Crippen LogP contribution in [0.15, 0.2) is 18.2 Å². The van der Waals surface area contributed by atoms with Gasteiger partial charge in [0.1, 0.15) is 0 Å². The molecule has 18 heavy (non-hydrogen) atoms. The Morgan fingerprint density at radius 1 is 1.06 bits per heavy atom. The van der Waals surface area contributed by atoms with Crippen LogP contribution in [0.3, 0.4) is 0 Å². The third kappa shape index (κ3) is 2.25. The van der Waals surface area contributed by atoms with E-state index in [1.54, 1.807) is 16.7 Å². The molecule has 0 spiro atoms. The lowest BCUT2D eigenvalue weighted by atomic mass is 9.86. The Morgan fingerprint density at radius 3 is 2.61 bits per heavy atom. The van der Waals surface area contributed by atoms with Crippen LogP contribution in [0, 0.1) is 0 Å². The van der Waals surface area contributed by atoms with Gasteiger partial charge in [0.2, 0.25) is 0 Å². The van der Waals surface area contributed by atoms with E-state index in [4.69, 9.17) is 0 Å². The van der Waals surface area contributed by atoms with Crippen molar-refractivity contribution < 1.29 is 0 Å². The second-order valence-corrected chi connectivity index (χ2v) is 5.92. The van der Waals surface area contributed by atoms with Gasteiger partial charge in [-0.3, -0.25) is 0 Å². The fourth-order valence-corrected chi connectivity index (χ4v) is 3.48. The molecule has 0 bridgehead atoms. The molecule has 96 valence electrons. The molecule has 0 aromatic heterocycles. The average Bonchev–Trinajstić information content (AvgIpc) is 2.79. The molecular formula is C18H24. The van der Waals surface area contributed by atoms with Gasteiger partial charge in [-0.15, -0.1) is 0 Å². The number of allylic oxidation sites excluding steroid dienone is 1. The molecule has 1 atom stereocenters. The molecule has 1 aromatic carbocycles. The van der Waals surface area contributed by atoms with Crippen LogP contribution in [0.25, 0.3) is 6.08 Å². The van der Waals surface area contributed by atoms with Crippen LogP contribution in [0.2, 0.25) is 0 Å². The van der Waals surface area contributed by atoms with Crippen molar-refractivity contribution in [2.45, 2.75) is 64.2 Å². The van der Waals surface area contributed by atoms with Crippen LogP contribution in [-0.4, -0.2) is 0 Å². The Balaban J connectivity index is 1.80. The van der Waals surface area contributed by atoms with Gasteiger partial charge < -0.3 is 0 Å². The highest BCUT2D eigenvalue weighted by atomic mass is 14.2. The van der Waals surface area contributed by atoms with Crippen molar-refractivity contribution in [1.82, 2.24) is 0 Å². The number of hydrogen-bond donors (Lipinski definition) is 0. The molecule has 3 rings (SSSR count). The Labute approximate surface area is 111 Å². The Bertz CT molecular complexity index is 453. The number of rotatable bonds is 4. The van der Waals surface area contributed by atoms with E-state index in [0.29, 0.717) is 5.92 Å². The van der Waals surface area contributed by atoms with Gasteiger partial charge >= 0.3 is 0 Å². The number of fused-ring (bicyclic) bond motifs is 2. The molecule has 0 nitrogen and oxygen atoms in total. The van der Waals surface area contributed by atoms with Crippen molar-refractivity contribution in [3.8, 4) is 0 Å². The maximum Gasteiger partial charge on any atom is 0.00273 e. The van der Waals surface area contributed by atoms with E-state index in [-0.39, 0.29) is 0 Å². The Morgan fingerprint density at radius 2 is 1.83 bits per heavy atom. The van der Waals surface area contributed by atoms with Crippen molar-refractivity contribution in [3.63, 3.8) is 0 Å². The third-order valence-corrected chi connectivity index (χ3v) is 4.57. The smallest absolute Gasteiger partial charge is 0.00273 e. The zero-order chi connectivity index (χ0) is 12.4. The molecule has 0 aliphatic heterocycles. The normalized spacial score (nSPS) is 20.8. The van der Waals surface area contributed by atoms with E-state index in [1.165, 1.54) is 56.9 Å². The second kappa shape index (κ2) is 5.30. The molecule has 0 heteroatoms. The van der Waals surface area contributed by atoms with Gasteiger partial charge in [0.05, 0.1) is 0 Å². The predicted molar refractivity (Wildman–Crippen MR) is 79.0 cm³/mol. The molecule has 1 unspecified atom stereocenters. The molecule has 0 N–H and O–H groups in total. The Hall–Kier alpha value is -1.04. The first-order valence-corrected chi connectivity index (χ1v) is 7.72. The first-order valence-electron chi connectivity index (χ1n) is 7.72. The van der Waals surface area contributed by atoms with Gasteiger partial charge in [0.15, 0.2) is 0 Å². The van der Waals surface area contributed by atoms with E-state index in [9.17, 15) is 0 Å². The van der Waals surface area contributed by atoms with Crippen LogP contribution >= 0.6 is 0 Å². The highest BCUT2D eigenvalue weighted by molar-refractivity contribution is 5.64. The minimum atomic E-state index is 0.707. The van der Waals surface area contributed by atoms with Crippen LogP contribution in [0.4, 0.5) is 0 Å². The van der Waals surface area contributed by atoms with E-state index in [0.717, 1.165) is 0 Å². The Kier molecular flexibility index (Phi) is 3.54. The molecule has 0 saturated carbocycles. The highest BCUT2D eigenvalue weighted by Gasteiger charge is 2.20. The van der Waals surface area contributed by atoms with E-state index in [1.807, 2.05) is 0 Å². The van der Waals surface area contributed by atoms with Gasteiger partial charge in [-0.25, -0.2) is 0 Å². The van der Waals surface area contributed by atoms with E-state index >= 15 is 0 Å². The molecule has 0 fully saturated rings. The summed E-state index contributed by atoms with van der Waals surface area (Å²) in [6, 6.07) is 5.00. The zero-order valence-electron chi connectivity index (χ0n) is 11.5. The molecule has 2 aliphatic rings. The van der Waals surface area contributed by atoms with Crippen molar-refractivity contribution in [1.29, 1.82) is 0 Å². The summed E-state index contributed by atoms with van der Waals surface area (Å²) in [5, 5.41) is 0. The lowest BCUT2D eigenvalue weighted by Gasteiger charge is -2.19. The summed E-state index contributed by atoms with van der Waals surface area (Å²) < 4.78 is 0. The highest BCUT2D eigenvalue weighted by Crippen LogP contribution is 2.37. The second-order valence-electron chi connectivity index (χ2n) is 5.92. The molecule has 1 aromatic rings. The van der Waals surface area contributed by atoms with Gasteiger partial charge in [-0.1, -0.05) is 50.5 Å². The molecule has 2 aliphatic carbocycles. The minimum absolute atomic E-state index is 0.707. The summed E-state index contributed by atoms with van der Waals surface area (Å²) >= 11 is 0. The summed E-state index contributed by atoms with van der Waals surface area (Å²) in [6.45, 7) is 2.29. The number of aryl methyl sites for hydroxylation is 2. The summed E-state index contributed by atoms with van der Waals surface area (Å²) in [5.41, 5.74) is 6.40. The van der Waals surface area contributed by atoms with Gasteiger partial charge in [-0.05, 0) is 54.4 Å². The maximum atomic E-state index is 2.53. The average molecular weight is 240 g/mol. The SMILES string of the molecule is CCCCCC1C=Cc2cc3c(cc21)CCCC3. The van der Waals surface area contributed by atoms with Crippen molar-refractivity contribution in [2.75, 3.05) is 0 Å². The van der Waals surface area contributed by atoms with E-state index in [2.05, 4.69) is 31.2 Å². The fourth-order valence-electron chi connectivity index (χ4n) is 3.48. The number of benzene rings is 1. The topological polar surface area (TPSA) is 0 Å². The molecule has 0 amide bonds. The lowest BCUT2D eigenvalue weighted by Crippen LogP contribution is -2.05. The third-order valence-electron chi connectivity index (χ3n) is 4.57. The largest absolute Gasteiger partial charge is 0.0764 e. The fraction of sp³-hybridized carbons (Fsp3) is 0.556. The van der Waals surface area contributed by atoms with Crippen LogP contribution in [0.5, 0.6) is 0 Å². The molecule has 0 saturated heterocycles. The van der Waals surface area contributed by atoms with Crippen molar-refractivity contribution in [2.24, 2.45) is 0 Å². The maximum absolute atomic E-state index is 2.53. The van der Waals surface area contributed by atoms with E-state index < -0.39 is 0 Å². The quantitative estimate of drug-likeness (QED) is 0.630. The monoisotopic (exact) mass is 240 g/mol. The van der Waals surface area contributed by atoms with Crippen molar-refractivity contribution >= 4 is 6.08 Å². The standard InChI is InChI=1S/C18H24/c1-2-3-4-7-14-10-11-17-12-15-8-5-6-9-16(15)13-18(14)17/h10-14H,2-9H2,1H3. The number of hydrogen-bond acceptors (Lipinski definition) is 0. The minimum Gasteiger partial charge on any atom is -0.0764 e. The lowest BCUT2D eigenvalue weighted by molar-refractivity contribution is 0.630. The summed E-state index contributed by atoms with van der Waals surface area (Å²) in [6.07, 6.45) is 15.6. The molecule has 0 heterocycles. The van der Waals surface area contributed by atoms with Crippen LogP contribution in [0.1, 0.15) is 73.6 Å². The van der Waals surface area contributed by atoms with Crippen LogP contribution in [-0.2, 0) is 12.8 Å². The first-order chi connectivity index (χ1) is 8.88. The van der Waals surface area contributed by atoms with Gasteiger partial charge in [0, 0.05) is 5.92 Å². The summed E-state index contributed by atoms with van der Waals surface area (Å²) in [4.78, 5) is 0. The number of unbranched alkanes of at least 4 members (excludes halogenated alkanes) is 2. The zero-order valence-corrected chi connectivity index (χ0v) is 11.5. The molecule has 0 radical (unpaired) electrons. The van der Waals surface area contributed by atoms with Crippen LogP contribution < -0.4 is 0 Å².